The molecule has 1 amide bonds. The summed E-state index contributed by atoms with van der Waals surface area (Å²) in [7, 11) is 1.88. The van der Waals surface area contributed by atoms with Crippen LogP contribution in [-0.2, 0) is 4.79 Å². The Morgan fingerprint density at radius 2 is 2.14 bits per heavy atom. The smallest absolute Gasteiger partial charge is 0.222 e. The normalized spacial score (nSPS) is 29.5. The Balaban J connectivity index is 2.76. The average Bonchev–Trinajstić information content (AvgIpc) is 2.30. The molecule has 3 nitrogen and oxygen atoms in total. The van der Waals surface area contributed by atoms with Crippen LogP contribution in [0.3, 0.4) is 0 Å². The summed E-state index contributed by atoms with van der Waals surface area (Å²) in [5.41, 5.74) is 6.05. The van der Waals surface area contributed by atoms with Crippen LogP contribution in [0, 0.1) is 11.3 Å². The first-order valence-electron chi connectivity index (χ1n) is 5.46. The van der Waals surface area contributed by atoms with E-state index in [9.17, 15) is 4.79 Å². The average molecular weight is 198 g/mol. The Morgan fingerprint density at radius 1 is 1.50 bits per heavy atom. The number of hydrogen-bond acceptors (Lipinski definition) is 2. The number of carbonyl (C=O) groups is 1. The Morgan fingerprint density at radius 3 is 2.64 bits per heavy atom. The molecule has 1 rings (SSSR count). The standard InChI is InChI=1S/C11H22N2O/c1-9(2)11(8-12)5-4-10(14)13(3)7-6-11/h9H,4-8,12H2,1-3H3. The van der Waals surface area contributed by atoms with Gasteiger partial charge in [-0.3, -0.25) is 4.79 Å². The van der Waals surface area contributed by atoms with Crippen LogP contribution in [0.2, 0.25) is 0 Å². The van der Waals surface area contributed by atoms with Crippen LogP contribution in [0.4, 0.5) is 0 Å². The monoisotopic (exact) mass is 198 g/mol. The number of carbonyl (C=O) groups excluding carboxylic acids is 1. The first kappa shape index (κ1) is 11.5. The van der Waals surface area contributed by atoms with E-state index in [0.717, 1.165) is 19.4 Å². The van der Waals surface area contributed by atoms with E-state index in [1.165, 1.54) is 0 Å². The van der Waals surface area contributed by atoms with E-state index in [0.29, 0.717) is 18.9 Å². The molecule has 0 radical (unpaired) electrons. The van der Waals surface area contributed by atoms with Crippen molar-refractivity contribution in [1.82, 2.24) is 4.90 Å². The van der Waals surface area contributed by atoms with E-state index in [4.69, 9.17) is 5.73 Å². The van der Waals surface area contributed by atoms with E-state index >= 15 is 0 Å². The molecule has 1 aliphatic rings. The summed E-state index contributed by atoms with van der Waals surface area (Å²) in [5, 5.41) is 0. The largest absolute Gasteiger partial charge is 0.346 e. The Kier molecular flexibility index (Phi) is 3.53. The third kappa shape index (κ3) is 2.08. The van der Waals surface area contributed by atoms with E-state index in [2.05, 4.69) is 13.8 Å². The second kappa shape index (κ2) is 4.30. The third-order valence-corrected chi connectivity index (χ3v) is 3.84. The maximum absolute atomic E-state index is 11.5. The molecule has 1 aliphatic heterocycles. The predicted molar refractivity (Wildman–Crippen MR) is 57.8 cm³/mol. The third-order valence-electron chi connectivity index (χ3n) is 3.84. The molecule has 1 fully saturated rings. The lowest BCUT2D eigenvalue weighted by Gasteiger charge is -2.35. The van der Waals surface area contributed by atoms with Gasteiger partial charge in [0, 0.05) is 20.0 Å². The maximum Gasteiger partial charge on any atom is 0.222 e. The van der Waals surface area contributed by atoms with Crippen LogP contribution in [-0.4, -0.2) is 30.9 Å². The van der Waals surface area contributed by atoms with Crippen molar-refractivity contribution in [2.75, 3.05) is 20.1 Å². The molecular formula is C11H22N2O. The summed E-state index contributed by atoms with van der Waals surface area (Å²) < 4.78 is 0. The van der Waals surface area contributed by atoms with Gasteiger partial charge in [0.25, 0.3) is 0 Å². The first-order chi connectivity index (χ1) is 6.52. The number of nitrogens with zero attached hydrogens (tertiary/aromatic N) is 1. The summed E-state index contributed by atoms with van der Waals surface area (Å²) in [4.78, 5) is 13.4. The summed E-state index contributed by atoms with van der Waals surface area (Å²) in [6, 6.07) is 0. The second-order valence-corrected chi connectivity index (χ2v) is 4.79. The summed E-state index contributed by atoms with van der Waals surface area (Å²) in [6.45, 7) is 5.98. The van der Waals surface area contributed by atoms with Gasteiger partial charge in [-0.1, -0.05) is 13.8 Å². The molecule has 0 saturated carbocycles. The fourth-order valence-corrected chi connectivity index (χ4v) is 2.20. The molecule has 82 valence electrons. The fourth-order valence-electron chi connectivity index (χ4n) is 2.20. The van der Waals surface area contributed by atoms with Crippen LogP contribution < -0.4 is 5.73 Å². The molecule has 0 aromatic heterocycles. The van der Waals surface area contributed by atoms with Crippen LogP contribution in [0.1, 0.15) is 33.1 Å². The molecule has 1 unspecified atom stereocenters. The summed E-state index contributed by atoms with van der Waals surface area (Å²) >= 11 is 0. The van der Waals surface area contributed by atoms with Gasteiger partial charge in [0.2, 0.25) is 5.91 Å². The molecule has 14 heavy (non-hydrogen) atoms. The number of likely N-dealkylation sites (tertiary alicyclic amines) is 1. The first-order valence-corrected chi connectivity index (χ1v) is 5.46. The molecule has 1 saturated heterocycles. The van der Waals surface area contributed by atoms with Crippen molar-refractivity contribution < 1.29 is 4.79 Å². The molecule has 0 bridgehead atoms. The zero-order valence-electron chi connectivity index (χ0n) is 9.55. The van der Waals surface area contributed by atoms with E-state index < -0.39 is 0 Å². The van der Waals surface area contributed by atoms with Crippen molar-refractivity contribution in [1.29, 1.82) is 0 Å². The SMILES string of the molecule is CC(C)C1(CN)CCC(=O)N(C)CC1. The highest BCUT2D eigenvalue weighted by Crippen LogP contribution is 2.37. The highest BCUT2D eigenvalue weighted by atomic mass is 16.2. The zero-order valence-corrected chi connectivity index (χ0v) is 9.55. The Bertz CT molecular complexity index is 215. The van der Waals surface area contributed by atoms with E-state index in [-0.39, 0.29) is 11.3 Å². The van der Waals surface area contributed by atoms with E-state index in [1.807, 2.05) is 11.9 Å². The van der Waals surface area contributed by atoms with Gasteiger partial charge >= 0.3 is 0 Å². The van der Waals surface area contributed by atoms with Gasteiger partial charge in [-0.2, -0.15) is 0 Å². The van der Waals surface area contributed by atoms with Gasteiger partial charge in [0.1, 0.15) is 0 Å². The predicted octanol–water partition coefficient (Wildman–Crippen LogP) is 1.23. The molecule has 3 heteroatoms. The second-order valence-electron chi connectivity index (χ2n) is 4.79. The molecule has 0 aromatic rings. The van der Waals surface area contributed by atoms with Gasteiger partial charge < -0.3 is 10.6 Å². The number of rotatable bonds is 2. The molecule has 2 N–H and O–H groups in total. The minimum absolute atomic E-state index is 0.181. The number of hydrogen-bond donors (Lipinski definition) is 1. The molecule has 1 atom stereocenters. The molecular weight excluding hydrogens is 176 g/mol. The summed E-state index contributed by atoms with van der Waals surface area (Å²) in [5.74, 6) is 0.827. The highest BCUT2D eigenvalue weighted by Gasteiger charge is 2.35. The lowest BCUT2D eigenvalue weighted by molar-refractivity contribution is -0.129. The number of nitrogens with two attached hydrogens (primary N) is 1. The maximum atomic E-state index is 11.5. The number of amides is 1. The van der Waals surface area contributed by atoms with Crippen LogP contribution in [0.25, 0.3) is 0 Å². The van der Waals surface area contributed by atoms with Crippen molar-refractivity contribution in [2.24, 2.45) is 17.1 Å². The van der Waals surface area contributed by atoms with Crippen molar-refractivity contribution in [3.05, 3.63) is 0 Å². The van der Waals surface area contributed by atoms with Gasteiger partial charge in [-0.15, -0.1) is 0 Å². The van der Waals surface area contributed by atoms with Crippen LogP contribution in [0.5, 0.6) is 0 Å². The van der Waals surface area contributed by atoms with Crippen LogP contribution in [0.15, 0.2) is 0 Å². The topological polar surface area (TPSA) is 46.3 Å². The van der Waals surface area contributed by atoms with Crippen molar-refractivity contribution in [3.8, 4) is 0 Å². The highest BCUT2D eigenvalue weighted by molar-refractivity contribution is 5.76. The molecule has 0 aromatic carbocycles. The van der Waals surface area contributed by atoms with Crippen molar-refractivity contribution in [2.45, 2.75) is 33.1 Å². The van der Waals surface area contributed by atoms with Gasteiger partial charge in [-0.05, 0) is 30.7 Å². The molecule has 0 aliphatic carbocycles. The van der Waals surface area contributed by atoms with E-state index in [1.54, 1.807) is 0 Å². The fraction of sp³-hybridized carbons (Fsp3) is 0.909. The minimum atomic E-state index is 0.181. The quantitative estimate of drug-likeness (QED) is 0.725. The van der Waals surface area contributed by atoms with Gasteiger partial charge in [0.05, 0.1) is 0 Å². The Hall–Kier alpha value is -0.570. The van der Waals surface area contributed by atoms with Crippen LogP contribution >= 0.6 is 0 Å². The van der Waals surface area contributed by atoms with Crippen molar-refractivity contribution in [3.63, 3.8) is 0 Å². The molecule has 1 heterocycles. The summed E-state index contributed by atoms with van der Waals surface area (Å²) in [6.07, 6.45) is 2.65. The minimum Gasteiger partial charge on any atom is -0.346 e. The Labute approximate surface area is 86.6 Å². The zero-order chi connectivity index (χ0) is 10.8. The van der Waals surface area contributed by atoms with Gasteiger partial charge in [0.15, 0.2) is 0 Å². The van der Waals surface area contributed by atoms with Crippen molar-refractivity contribution >= 4 is 5.91 Å². The van der Waals surface area contributed by atoms with Gasteiger partial charge in [-0.25, -0.2) is 0 Å². The lowest BCUT2D eigenvalue weighted by atomic mass is 9.72. The lowest BCUT2D eigenvalue weighted by Crippen LogP contribution is -2.36. The molecule has 0 spiro atoms.